The highest BCUT2D eigenvalue weighted by Crippen LogP contribution is 2.38. The molecule has 0 saturated carbocycles. The number of anilines is 1. The van der Waals surface area contributed by atoms with Crippen LogP contribution in [0.3, 0.4) is 0 Å². The molecule has 6 nitrogen and oxygen atoms in total. The SMILES string of the molecule is O=C(Cc1csc(-c2cccnc2)n1)Nc1cc2c(cc1Br)OCCO2. The lowest BCUT2D eigenvalue weighted by atomic mass is 10.2. The lowest BCUT2D eigenvalue weighted by Gasteiger charge is -2.20. The maximum absolute atomic E-state index is 12.4. The van der Waals surface area contributed by atoms with Crippen molar-refractivity contribution in [3.63, 3.8) is 0 Å². The van der Waals surface area contributed by atoms with Crippen LogP contribution in [0.25, 0.3) is 10.6 Å². The maximum atomic E-state index is 12.4. The van der Waals surface area contributed by atoms with E-state index >= 15 is 0 Å². The molecule has 3 heterocycles. The average Bonchev–Trinajstić information content (AvgIpc) is 3.11. The topological polar surface area (TPSA) is 73.3 Å². The summed E-state index contributed by atoms with van der Waals surface area (Å²) >= 11 is 4.95. The third-order valence-electron chi connectivity index (χ3n) is 3.71. The molecule has 4 rings (SSSR count). The van der Waals surface area contributed by atoms with Crippen LogP contribution in [-0.4, -0.2) is 29.1 Å². The second kappa shape index (κ2) is 7.43. The van der Waals surface area contributed by atoms with E-state index in [1.54, 1.807) is 24.5 Å². The first-order chi connectivity index (χ1) is 12.7. The number of benzene rings is 1. The molecule has 1 N–H and O–H groups in total. The fraction of sp³-hybridized carbons (Fsp3) is 0.167. The fourth-order valence-corrected chi connectivity index (χ4v) is 3.76. The minimum atomic E-state index is -0.148. The van der Waals surface area contributed by atoms with Crippen LogP contribution in [0.4, 0.5) is 5.69 Å². The van der Waals surface area contributed by atoms with Crippen molar-refractivity contribution in [3.8, 4) is 22.1 Å². The van der Waals surface area contributed by atoms with Crippen molar-refractivity contribution in [2.45, 2.75) is 6.42 Å². The van der Waals surface area contributed by atoms with Gasteiger partial charge in [-0.25, -0.2) is 4.98 Å². The number of halogens is 1. The van der Waals surface area contributed by atoms with Gasteiger partial charge in [-0.2, -0.15) is 0 Å². The Bertz CT molecular complexity index is 946. The minimum absolute atomic E-state index is 0.148. The number of hydrogen-bond acceptors (Lipinski definition) is 6. The lowest BCUT2D eigenvalue weighted by Crippen LogP contribution is -2.17. The van der Waals surface area contributed by atoms with Crippen molar-refractivity contribution in [1.82, 2.24) is 9.97 Å². The first-order valence-electron chi connectivity index (χ1n) is 7.93. The van der Waals surface area contributed by atoms with Gasteiger partial charge in [0.15, 0.2) is 11.5 Å². The van der Waals surface area contributed by atoms with Crippen LogP contribution in [0, 0.1) is 0 Å². The zero-order valence-corrected chi connectivity index (χ0v) is 16.0. The molecule has 1 aromatic carbocycles. The van der Waals surface area contributed by atoms with Gasteiger partial charge in [-0.15, -0.1) is 11.3 Å². The largest absolute Gasteiger partial charge is 0.486 e. The normalized spacial score (nSPS) is 12.7. The van der Waals surface area contributed by atoms with E-state index in [1.165, 1.54) is 11.3 Å². The molecule has 0 atom stereocenters. The molecule has 26 heavy (non-hydrogen) atoms. The Balaban J connectivity index is 1.45. The molecule has 0 radical (unpaired) electrons. The molecular weight excluding hydrogens is 418 g/mol. The fourth-order valence-electron chi connectivity index (χ4n) is 2.53. The third-order valence-corrected chi connectivity index (χ3v) is 5.30. The first-order valence-corrected chi connectivity index (χ1v) is 9.60. The molecule has 8 heteroatoms. The van der Waals surface area contributed by atoms with Gasteiger partial charge < -0.3 is 14.8 Å². The number of ether oxygens (including phenoxy) is 2. The van der Waals surface area contributed by atoms with E-state index in [-0.39, 0.29) is 12.3 Å². The number of pyridine rings is 1. The van der Waals surface area contributed by atoms with Crippen molar-refractivity contribution in [2.24, 2.45) is 0 Å². The van der Waals surface area contributed by atoms with Crippen LogP contribution in [0.1, 0.15) is 5.69 Å². The van der Waals surface area contributed by atoms with E-state index in [1.807, 2.05) is 17.5 Å². The van der Waals surface area contributed by atoms with Crippen molar-refractivity contribution < 1.29 is 14.3 Å². The number of hydrogen-bond donors (Lipinski definition) is 1. The summed E-state index contributed by atoms with van der Waals surface area (Å²) in [4.78, 5) is 21.0. The number of rotatable bonds is 4. The highest BCUT2D eigenvalue weighted by atomic mass is 79.9. The number of fused-ring (bicyclic) bond motifs is 1. The quantitative estimate of drug-likeness (QED) is 0.677. The Kier molecular flexibility index (Phi) is 4.85. The van der Waals surface area contributed by atoms with Gasteiger partial charge in [0.25, 0.3) is 0 Å². The smallest absolute Gasteiger partial charge is 0.230 e. The average molecular weight is 432 g/mol. The van der Waals surface area contributed by atoms with Gasteiger partial charge >= 0.3 is 0 Å². The Labute approximate surface area is 162 Å². The van der Waals surface area contributed by atoms with Crippen molar-refractivity contribution >= 4 is 38.9 Å². The van der Waals surface area contributed by atoms with Crippen LogP contribution in [-0.2, 0) is 11.2 Å². The summed E-state index contributed by atoms with van der Waals surface area (Å²) in [6.45, 7) is 1.02. The molecule has 2 aromatic heterocycles. The number of nitrogens with zero attached hydrogens (tertiary/aromatic N) is 2. The number of carbonyl (C=O) groups is 1. The summed E-state index contributed by atoms with van der Waals surface area (Å²) in [6, 6.07) is 7.37. The minimum Gasteiger partial charge on any atom is -0.486 e. The molecule has 0 spiro atoms. The number of amides is 1. The molecule has 1 aliphatic rings. The molecule has 1 aliphatic heterocycles. The standard InChI is InChI=1S/C18H14BrN3O3S/c19-13-7-15-16(25-5-4-24-15)8-14(13)22-17(23)6-12-10-26-18(21-12)11-2-1-3-20-9-11/h1-3,7-10H,4-6H2,(H,22,23). The van der Waals surface area contributed by atoms with Crippen LogP contribution >= 0.6 is 27.3 Å². The summed E-state index contributed by atoms with van der Waals surface area (Å²) < 4.78 is 11.8. The first kappa shape index (κ1) is 17.0. The summed E-state index contributed by atoms with van der Waals surface area (Å²) in [5, 5.41) is 5.63. The highest BCUT2D eigenvalue weighted by Gasteiger charge is 2.17. The molecule has 1 amide bonds. The lowest BCUT2D eigenvalue weighted by molar-refractivity contribution is -0.115. The predicted molar refractivity (Wildman–Crippen MR) is 103 cm³/mol. The van der Waals surface area contributed by atoms with Crippen LogP contribution in [0.15, 0.2) is 46.5 Å². The molecule has 132 valence electrons. The summed E-state index contributed by atoms with van der Waals surface area (Å²) in [7, 11) is 0. The van der Waals surface area contributed by atoms with Crippen LogP contribution in [0.5, 0.6) is 11.5 Å². The van der Waals surface area contributed by atoms with Crippen molar-refractivity contribution in [3.05, 3.63) is 52.2 Å². The summed E-state index contributed by atoms with van der Waals surface area (Å²) in [5.74, 6) is 1.15. The van der Waals surface area contributed by atoms with Gasteiger partial charge in [0, 0.05) is 39.9 Å². The summed E-state index contributed by atoms with van der Waals surface area (Å²) in [6.07, 6.45) is 3.67. The second-order valence-electron chi connectivity index (χ2n) is 5.59. The van der Waals surface area contributed by atoms with E-state index in [9.17, 15) is 4.79 Å². The Hall–Kier alpha value is -2.45. The van der Waals surface area contributed by atoms with E-state index in [0.29, 0.717) is 30.4 Å². The predicted octanol–water partition coefficient (Wildman–Crippen LogP) is 3.92. The van der Waals surface area contributed by atoms with E-state index in [2.05, 4.69) is 31.2 Å². The maximum Gasteiger partial charge on any atom is 0.230 e. The number of thiazole rings is 1. The zero-order chi connectivity index (χ0) is 17.9. The molecule has 0 saturated heterocycles. The van der Waals surface area contributed by atoms with Gasteiger partial charge in [0.05, 0.1) is 17.8 Å². The molecule has 0 bridgehead atoms. The molecular formula is C18H14BrN3O3S. The van der Waals surface area contributed by atoms with Gasteiger partial charge in [-0.05, 0) is 28.1 Å². The van der Waals surface area contributed by atoms with Crippen molar-refractivity contribution in [1.29, 1.82) is 0 Å². The second-order valence-corrected chi connectivity index (χ2v) is 7.30. The Morgan fingerprint density at radius 3 is 2.85 bits per heavy atom. The Morgan fingerprint density at radius 1 is 1.27 bits per heavy atom. The number of carbonyl (C=O) groups excluding carboxylic acids is 1. The van der Waals surface area contributed by atoms with Gasteiger partial charge in [0.1, 0.15) is 18.2 Å². The van der Waals surface area contributed by atoms with Crippen LogP contribution < -0.4 is 14.8 Å². The molecule has 0 aliphatic carbocycles. The summed E-state index contributed by atoms with van der Waals surface area (Å²) in [5.41, 5.74) is 2.31. The van der Waals surface area contributed by atoms with Crippen molar-refractivity contribution in [2.75, 3.05) is 18.5 Å². The monoisotopic (exact) mass is 431 g/mol. The highest BCUT2D eigenvalue weighted by molar-refractivity contribution is 9.10. The van der Waals surface area contributed by atoms with Gasteiger partial charge in [-0.1, -0.05) is 0 Å². The van der Waals surface area contributed by atoms with E-state index < -0.39 is 0 Å². The van der Waals surface area contributed by atoms with E-state index in [4.69, 9.17) is 9.47 Å². The number of nitrogens with one attached hydrogen (secondary N) is 1. The van der Waals surface area contributed by atoms with Gasteiger partial charge in [-0.3, -0.25) is 9.78 Å². The third kappa shape index (κ3) is 3.71. The van der Waals surface area contributed by atoms with Crippen LogP contribution in [0.2, 0.25) is 0 Å². The molecule has 3 aromatic rings. The number of aromatic nitrogens is 2. The zero-order valence-electron chi connectivity index (χ0n) is 13.6. The molecule has 0 unspecified atom stereocenters. The molecule has 0 fully saturated rings. The van der Waals surface area contributed by atoms with Gasteiger partial charge in [0.2, 0.25) is 5.91 Å². The Morgan fingerprint density at radius 2 is 2.08 bits per heavy atom. The van der Waals surface area contributed by atoms with E-state index in [0.717, 1.165) is 20.7 Å².